The molecule has 0 unspecified atom stereocenters. The Hall–Kier alpha value is -1.56. The molecule has 110 valence electrons. The minimum Gasteiger partial charge on any atom is -0.480 e. The number of aliphatic carboxylic acids is 1. The van der Waals surface area contributed by atoms with Crippen LogP contribution in [0.1, 0.15) is 20.3 Å². The predicted octanol–water partition coefficient (Wildman–Crippen LogP) is 2.53. The van der Waals surface area contributed by atoms with Crippen LogP contribution in [0.3, 0.4) is 0 Å². The normalized spacial score (nSPS) is 13.6. The fourth-order valence-electron chi connectivity index (χ4n) is 1.60. The highest BCUT2D eigenvalue weighted by atomic mass is 32.2. The number of carbonyl (C=O) groups is 2. The summed E-state index contributed by atoms with van der Waals surface area (Å²) in [6.45, 7) is 3.63. The van der Waals surface area contributed by atoms with Gasteiger partial charge in [-0.05, 0) is 18.1 Å². The summed E-state index contributed by atoms with van der Waals surface area (Å²) >= 11 is 1.05. The number of thioether (sulfide) groups is 1. The molecule has 2 N–H and O–H groups in total. The van der Waals surface area contributed by atoms with Gasteiger partial charge in [0.2, 0.25) is 5.91 Å². The average molecular weight is 299 g/mol. The van der Waals surface area contributed by atoms with E-state index in [2.05, 4.69) is 5.32 Å². The van der Waals surface area contributed by atoms with Crippen molar-refractivity contribution in [2.45, 2.75) is 31.2 Å². The van der Waals surface area contributed by atoms with E-state index < -0.39 is 17.9 Å². The van der Waals surface area contributed by atoms with Crippen LogP contribution in [0.5, 0.6) is 0 Å². The first-order valence-electron chi connectivity index (χ1n) is 6.35. The Morgan fingerprint density at radius 1 is 1.40 bits per heavy atom. The third-order valence-electron chi connectivity index (χ3n) is 2.99. The molecule has 0 aliphatic heterocycles. The molecule has 0 aromatic heterocycles. The minimum absolute atomic E-state index is 0.0128. The first-order chi connectivity index (χ1) is 9.45. The molecule has 0 radical (unpaired) electrons. The summed E-state index contributed by atoms with van der Waals surface area (Å²) in [6.07, 6.45) is 0.650. The van der Waals surface area contributed by atoms with Gasteiger partial charge in [-0.3, -0.25) is 4.79 Å². The van der Waals surface area contributed by atoms with E-state index in [9.17, 15) is 14.0 Å². The molecule has 0 saturated heterocycles. The molecule has 0 fully saturated rings. The van der Waals surface area contributed by atoms with Crippen molar-refractivity contribution in [3.63, 3.8) is 0 Å². The van der Waals surface area contributed by atoms with Gasteiger partial charge >= 0.3 is 5.97 Å². The van der Waals surface area contributed by atoms with Crippen molar-refractivity contribution in [2.75, 3.05) is 5.75 Å². The second-order valence-electron chi connectivity index (χ2n) is 4.49. The lowest BCUT2D eigenvalue weighted by atomic mass is 9.99. The maximum absolute atomic E-state index is 13.4. The van der Waals surface area contributed by atoms with Crippen LogP contribution in [0, 0.1) is 11.7 Å². The van der Waals surface area contributed by atoms with Crippen molar-refractivity contribution in [3.05, 3.63) is 30.1 Å². The number of hydrogen-bond acceptors (Lipinski definition) is 3. The number of benzene rings is 1. The maximum atomic E-state index is 13.4. The van der Waals surface area contributed by atoms with Gasteiger partial charge in [-0.25, -0.2) is 9.18 Å². The lowest BCUT2D eigenvalue weighted by Gasteiger charge is -2.20. The molecular formula is C14H18FNO3S. The third kappa shape index (κ3) is 4.85. The van der Waals surface area contributed by atoms with Crippen LogP contribution in [0.25, 0.3) is 0 Å². The molecule has 0 aliphatic carbocycles. The number of rotatable bonds is 7. The quantitative estimate of drug-likeness (QED) is 0.759. The van der Waals surface area contributed by atoms with Crippen LogP contribution in [0.4, 0.5) is 4.39 Å². The zero-order chi connectivity index (χ0) is 15.1. The highest BCUT2D eigenvalue weighted by Crippen LogP contribution is 2.20. The number of halogens is 1. The minimum atomic E-state index is -1.05. The van der Waals surface area contributed by atoms with Gasteiger partial charge in [-0.15, -0.1) is 11.8 Å². The molecule has 0 saturated carbocycles. The van der Waals surface area contributed by atoms with Crippen molar-refractivity contribution >= 4 is 23.6 Å². The standard InChI is InChI=1S/C14H18FNO3S/c1-3-9(2)13(14(18)19)16-12(17)8-20-11-7-5-4-6-10(11)15/h4-7,9,13H,3,8H2,1-2H3,(H,16,17)(H,18,19)/t9-,13-/m0/s1. The Labute approximate surface area is 121 Å². The van der Waals surface area contributed by atoms with Crippen molar-refractivity contribution in [1.29, 1.82) is 0 Å². The number of nitrogens with one attached hydrogen (secondary N) is 1. The van der Waals surface area contributed by atoms with E-state index in [0.29, 0.717) is 11.3 Å². The molecule has 1 rings (SSSR count). The Kier molecular flexibility index (Phi) is 6.51. The molecule has 1 aromatic carbocycles. The Bertz CT molecular complexity index is 481. The van der Waals surface area contributed by atoms with E-state index >= 15 is 0 Å². The summed E-state index contributed by atoms with van der Waals surface area (Å²) < 4.78 is 13.4. The monoisotopic (exact) mass is 299 g/mol. The van der Waals surface area contributed by atoms with Gasteiger partial charge < -0.3 is 10.4 Å². The third-order valence-corrected chi connectivity index (χ3v) is 4.04. The van der Waals surface area contributed by atoms with E-state index in [1.54, 1.807) is 25.1 Å². The van der Waals surface area contributed by atoms with Gasteiger partial charge in [0.15, 0.2) is 0 Å². The summed E-state index contributed by atoms with van der Waals surface area (Å²) in [7, 11) is 0. The molecule has 0 aliphatic rings. The SMILES string of the molecule is CC[C@H](C)[C@H](NC(=O)CSc1ccccc1F)C(=O)O. The van der Waals surface area contributed by atoms with Crippen molar-refractivity contribution < 1.29 is 19.1 Å². The molecule has 20 heavy (non-hydrogen) atoms. The Morgan fingerprint density at radius 3 is 2.60 bits per heavy atom. The summed E-state index contributed by atoms with van der Waals surface area (Å²) in [4.78, 5) is 23.2. The number of hydrogen-bond donors (Lipinski definition) is 2. The molecule has 0 spiro atoms. The van der Waals surface area contributed by atoms with Crippen molar-refractivity contribution in [1.82, 2.24) is 5.32 Å². The van der Waals surface area contributed by atoms with Crippen LogP contribution < -0.4 is 5.32 Å². The Morgan fingerprint density at radius 2 is 2.05 bits per heavy atom. The van der Waals surface area contributed by atoms with Crippen molar-refractivity contribution in [2.24, 2.45) is 5.92 Å². The van der Waals surface area contributed by atoms with Crippen molar-refractivity contribution in [3.8, 4) is 0 Å². The van der Waals surface area contributed by atoms with Gasteiger partial charge in [0.05, 0.1) is 5.75 Å². The second-order valence-corrected chi connectivity index (χ2v) is 5.51. The maximum Gasteiger partial charge on any atom is 0.326 e. The fourth-order valence-corrected chi connectivity index (χ4v) is 2.35. The van der Waals surface area contributed by atoms with Gasteiger partial charge in [0.1, 0.15) is 11.9 Å². The molecule has 2 atom stereocenters. The lowest BCUT2D eigenvalue weighted by Crippen LogP contribution is -2.45. The fraction of sp³-hybridized carbons (Fsp3) is 0.429. The highest BCUT2D eigenvalue weighted by molar-refractivity contribution is 8.00. The summed E-state index contributed by atoms with van der Waals surface area (Å²) in [5, 5.41) is 11.5. The van der Waals surface area contributed by atoms with E-state index in [0.717, 1.165) is 11.8 Å². The number of carbonyl (C=O) groups excluding carboxylic acids is 1. The number of carboxylic acids is 1. The first-order valence-corrected chi connectivity index (χ1v) is 7.33. The number of carboxylic acid groups (broad SMARTS) is 1. The first kappa shape index (κ1) is 16.5. The van der Waals surface area contributed by atoms with Crippen LogP contribution >= 0.6 is 11.8 Å². The molecule has 1 amide bonds. The smallest absolute Gasteiger partial charge is 0.326 e. The second kappa shape index (κ2) is 7.89. The Balaban J connectivity index is 2.55. The predicted molar refractivity (Wildman–Crippen MR) is 76.1 cm³/mol. The molecular weight excluding hydrogens is 281 g/mol. The molecule has 0 bridgehead atoms. The molecule has 4 nitrogen and oxygen atoms in total. The molecule has 0 heterocycles. The van der Waals surface area contributed by atoms with E-state index in [1.165, 1.54) is 6.07 Å². The van der Waals surface area contributed by atoms with Gasteiger partial charge in [0.25, 0.3) is 0 Å². The van der Waals surface area contributed by atoms with Gasteiger partial charge in [-0.2, -0.15) is 0 Å². The summed E-state index contributed by atoms with van der Waals surface area (Å²) in [6, 6.07) is 5.25. The van der Waals surface area contributed by atoms with E-state index in [1.807, 2.05) is 6.92 Å². The highest BCUT2D eigenvalue weighted by Gasteiger charge is 2.25. The van der Waals surface area contributed by atoms with E-state index in [-0.39, 0.29) is 17.5 Å². The lowest BCUT2D eigenvalue weighted by molar-refractivity contribution is -0.143. The zero-order valence-electron chi connectivity index (χ0n) is 11.4. The van der Waals surface area contributed by atoms with Crippen LogP contribution in [-0.4, -0.2) is 28.8 Å². The van der Waals surface area contributed by atoms with Crippen LogP contribution in [0.15, 0.2) is 29.2 Å². The largest absolute Gasteiger partial charge is 0.480 e. The number of amides is 1. The summed E-state index contributed by atoms with van der Waals surface area (Å²) in [5.74, 6) is -2.02. The molecule has 6 heteroatoms. The van der Waals surface area contributed by atoms with Crippen LogP contribution in [0.2, 0.25) is 0 Å². The van der Waals surface area contributed by atoms with Crippen LogP contribution in [-0.2, 0) is 9.59 Å². The molecule has 1 aromatic rings. The van der Waals surface area contributed by atoms with E-state index in [4.69, 9.17) is 5.11 Å². The van der Waals surface area contributed by atoms with Gasteiger partial charge in [-0.1, -0.05) is 32.4 Å². The average Bonchev–Trinajstić information content (AvgIpc) is 2.42. The topological polar surface area (TPSA) is 66.4 Å². The summed E-state index contributed by atoms with van der Waals surface area (Å²) in [5.41, 5.74) is 0. The van der Waals surface area contributed by atoms with Gasteiger partial charge in [0, 0.05) is 4.90 Å². The zero-order valence-corrected chi connectivity index (χ0v) is 12.2.